The number of aromatic carboxylic acids is 1. The first-order valence-corrected chi connectivity index (χ1v) is 13.2. The van der Waals surface area contributed by atoms with Crippen LogP contribution in [0.3, 0.4) is 0 Å². The van der Waals surface area contributed by atoms with Crippen LogP contribution in [0.25, 0.3) is 22.3 Å². The molecule has 1 unspecified atom stereocenters. The summed E-state index contributed by atoms with van der Waals surface area (Å²) in [6.07, 6.45) is 2.32. The molecule has 1 atom stereocenters. The van der Waals surface area contributed by atoms with E-state index in [0.29, 0.717) is 35.7 Å². The van der Waals surface area contributed by atoms with E-state index in [-0.39, 0.29) is 53.9 Å². The van der Waals surface area contributed by atoms with E-state index in [9.17, 15) is 9.90 Å². The summed E-state index contributed by atoms with van der Waals surface area (Å²) < 4.78 is 45.5. The molecule has 10 nitrogen and oxygen atoms in total. The maximum Gasteiger partial charge on any atom is 0.335 e. The van der Waals surface area contributed by atoms with Crippen molar-refractivity contribution in [2.45, 2.75) is 38.6 Å². The highest BCUT2D eigenvalue weighted by Crippen LogP contribution is 2.29. The first-order valence-electron chi connectivity index (χ1n) is 13.2. The molecule has 4 heterocycles. The minimum atomic E-state index is -1.07. The highest BCUT2D eigenvalue weighted by molar-refractivity contribution is 5.92. The van der Waals surface area contributed by atoms with Gasteiger partial charge in [-0.15, -0.1) is 0 Å². The van der Waals surface area contributed by atoms with E-state index in [2.05, 4.69) is 15.1 Å². The van der Waals surface area contributed by atoms with Crippen LogP contribution in [0.2, 0.25) is 0 Å². The van der Waals surface area contributed by atoms with Gasteiger partial charge in [-0.1, -0.05) is 6.07 Å². The molecule has 1 saturated heterocycles. The van der Waals surface area contributed by atoms with Gasteiger partial charge in [0.1, 0.15) is 30.6 Å². The number of hydrogen-bond acceptors (Lipinski definition) is 7. The Kier molecular flexibility index (Phi) is 7.33. The average Bonchev–Trinajstić information content (AvgIpc) is 3.54. The molecule has 5 aromatic rings. The van der Waals surface area contributed by atoms with Gasteiger partial charge in [0.05, 0.1) is 46.7 Å². The lowest BCUT2D eigenvalue weighted by Gasteiger charge is -2.27. The van der Waals surface area contributed by atoms with Gasteiger partial charge in [0.25, 0.3) is 0 Å². The van der Waals surface area contributed by atoms with E-state index in [1.807, 2.05) is 10.6 Å². The van der Waals surface area contributed by atoms with Crippen LogP contribution in [0.5, 0.6) is 5.88 Å². The zero-order valence-electron chi connectivity index (χ0n) is 22.2. The number of aromatic nitrogens is 5. The van der Waals surface area contributed by atoms with Crippen LogP contribution in [0.15, 0.2) is 60.8 Å². The van der Waals surface area contributed by atoms with Crippen molar-refractivity contribution < 1.29 is 28.2 Å². The van der Waals surface area contributed by atoms with Crippen molar-refractivity contribution in [1.82, 2.24) is 24.3 Å². The summed E-state index contributed by atoms with van der Waals surface area (Å²) in [6, 6.07) is 15.4. The Bertz CT molecular complexity index is 1840. The lowest BCUT2D eigenvalue weighted by molar-refractivity contribution is -0.0589. The Labute approximate surface area is 238 Å². The van der Waals surface area contributed by atoms with E-state index >= 15 is 8.78 Å². The van der Waals surface area contributed by atoms with Crippen molar-refractivity contribution in [3.8, 4) is 23.2 Å². The van der Waals surface area contributed by atoms with Crippen LogP contribution in [-0.2, 0) is 30.9 Å². The number of carboxylic acids is 1. The quantitative estimate of drug-likeness (QED) is 0.255. The number of rotatable bonds is 10. The molecule has 1 aliphatic heterocycles. The molecular weight excluding hydrogens is 546 g/mol. The van der Waals surface area contributed by atoms with Crippen LogP contribution in [0, 0.1) is 23.0 Å². The molecule has 6 rings (SSSR count). The normalized spacial score (nSPS) is 14.5. The third-order valence-electron chi connectivity index (χ3n) is 7.13. The van der Waals surface area contributed by atoms with Gasteiger partial charge in [0.15, 0.2) is 0 Å². The molecule has 2 aromatic carbocycles. The van der Waals surface area contributed by atoms with E-state index in [1.54, 1.807) is 36.5 Å². The number of hydrogen-bond donors (Lipinski definition) is 1. The number of benzene rings is 2. The molecule has 0 radical (unpaired) electrons. The fourth-order valence-electron chi connectivity index (χ4n) is 4.85. The Balaban J connectivity index is 1.26. The van der Waals surface area contributed by atoms with Gasteiger partial charge < -0.3 is 19.1 Å². The molecule has 3 aromatic heterocycles. The third-order valence-corrected chi connectivity index (χ3v) is 7.13. The molecule has 212 valence electrons. The number of halogens is 2. The molecule has 12 heteroatoms. The highest BCUT2D eigenvalue weighted by Gasteiger charge is 2.23. The molecule has 1 fully saturated rings. The summed E-state index contributed by atoms with van der Waals surface area (Å²) >= 11 is 0. The van der Waals surface area contributed by atoms with Crippen LogP contribution in [0.1, 0.15) is 33.9 Å². The van der Waals surface area contributed by atoms with Crippen molar-refractivity contribution in [3.63, 3.8) is 0 Å². The van der Waals surface area contributed by atoms with E-state index in [4.69, 9.17) is 14.7 Å². The molecule has 1 aliphatic rings. The first kappa shape index (κ1) is 27.0. The first-order chi connectivity index (χ1) is 20.4. The lowest BCUT2D eigenvalue weighted by atomic mass is 10.0. The molecule has 0 bridgehead atoms. The van der Waals surface area contributed by atoms with E-state index in [1.165, 1.54) is 16.8 Å². The van der Waals surface area contributed by atoms with Gasteiger partial charge >= 0.3 is 5.97 Å². The fraction of sp³-hybridized carbons (Fsp3) is 0.233. The zero-order chi connectivity index (χ0) is 29.2. The number of ether oxygens (including phenoxy) is 2. The number of imidazole rings is 1. The van der Waals surface area contributed by atoms with Crippen molar-refractivity contribution in [2.24, 2.45) is 0 Å². The topological polar surface area (TPSA) is 128 Å². The second-order valence-electron chi connectivity index (χ2n) is 9.82. The van der Waals surface area contributed by atoms with Gasteiger partial charge in [-0.25, -0.2) is 23.5 Å². The summed E-state index contributed by atoms with van der Waals surface area (Å²) in [6.45, 7) is 1.23. The average molecular weight is 571 g/mol. The standard InChI is InChI=1S/C30H24F2N6O4/c31-23-15-22(25-2-1-3-29(36-25)42-17-20-6-9-34-38(20)10-8-33)24(32)12-19(23)14-28-35-26-5-4-18(30(39)40)13-27(26)37(28)16-21-7-11-41-21/h1-6,9,12-13,15,21H,7,10-11,14,16-17H2,(H,39,40). The van der Waals surface area contributed by atoms with Crippen LogP contribution < -0.4 is 4.74 Å². The van der Waals surface area contributed by atoms with Gasteiger partial charge in [-0.05, 0) is 54.4 Å². The fourth-order valence-corrected chi connectivity index (χ4v) is 4.85. The van der Waals surface area contributed by atoms with Crippen molar-refractivity contribution in [2.75, 3.05) is 6.61 Å². The van der Waals surface area contributed by atoms with Crippen molar-refractivity contribution in [1.29, 1.82) is 5.26 Å². The van der Waals surface area contributed by atoms with E-state index in [0.717, 1.165) is 18.6 Å². The highest BCUT2D eigenvalue weighted by atomic mass is 19.1. The largest absolute Gasteiger partial charge is 0.478 e. The number of pyridine rings is 1. The summed E-state index contributed by atoms with van der Waals surface area (Å²) in [7, 11) is 0. The summed E-state index contributed by atoms with van der Waals surface area (Å²) in [4.78, 5) is 20.5. The monoisotopic (exact) mass is 570 g/mol. The second-order valence-corrected chi connectivity index (χ2v) is 9.82. The maximum absolute atomic E-state index is 15.4. The molecule has 0 aliphatic carbocycles. The smallest absolute Gasteiger partial charge is 0.335 e. The second kappa shape index (κ2) is 11.4. The Hall–Kier alpha value is -5.15. The molecule has 0 amide bonds. The number of nitriles is 1. The zero-order valence-corrected chi connectivity index (χ0v) is 22.2. The van der Waals surface area contributed by atoms with Gasteiger partial charge in [0, 0.05) is 30.9 Å². The predicted octanol–water partition coefficient (Wildman–Crippen LogP) is 4.75. The van der Waals surface area contributed by atoms with Crippen molar-refractivity contribution >= 4 is 17.0 Å². The van der Waals surface area contributed by atoms with Gasteiger partial charge in [0.2, 0.25) is 5.88 Å². The molecule has 0 saturated carbocycles. The van der Waals surface area contributed by atoms with Crippen LogP contribution in [0.4, 0.5) is 8.78 Å². The Morgan fingerprint density at radius 3 is 2.76 bits per heavy atom. The summed E-state index contributed by atoms with van der Waals surface area (Å²) in [5.41, 5.74) is 2.18. The van der Waals surface area contributed by atoms with Gasteiger partial charge in [-0.3, -0.25) is 4.68 Å². The summed E-state index contributed by atoms with van der Waals surface area (Å²) in [5, 5.41) is 22.4. The maximum atomic E-state index is 15.4. The molecule has 42 heavy (non-hydrogen) atoms. The third kappa shape index (κ3) is 5.42. The molecule has 0 spiro atoms. The number of fused-ring (bicyclic) bond motifs is 1. The van der Waals surface area contributed by atoms with Crippen molar-refractivity contribution in [3.05, 3.63) is 95.1 Å². The Morgan fingerprint density at radius 1 is 1.14 bits per heavy atom. The Morgan fingerprint density at radius 2 is 2.00 bits per heavy atom. The van der Waals surface area contributed by atoms with Gasteiger partial charge in [-0.2, -0.15) is 10.4 Å². The minimum Gasteiger partial charge on any atom is -0.478 e. The summed E-state index contributed by atoms with van der Waals surface area (Å²) in [5.74, 6) is -1.69. The SMILES string of the molecule is N#CCn1nccc1COc1cccc(-c2cc(F)c(Cc3nc4ccc(C(=O)O)cc4n3CC3CCO3)cc2F)n1. The number of carbonyl (C=O) groups is 1. The molecule has 1 N–H and O–H groups in total. The number of carboxylic acid groups (broad SMARTS) is 1. The lowest BCUT2D eigenvalue weighted by Crippen LogP contribution is -2.31. The minimum absolute atomic E-state index is 0.0141. The predicted molar refractivity (Wildman–Crippen MR) is 146 cm³/mol. The molecular formula is C30H24F2N6O4. The number of nitrogens with zero attached hydrogens (tertiary/aromatic N) is 6. The van der Waals surface area contributed by atoms with E-state index < -0.39 is 17.6 Å². The van der Waals surface area contributed by atoms with Crippen LogP contribution >= 0.6 is 0 Å². The van der Waals surface area contributed by atoms with Crippen LogP contribution in [-0.4, -0.2) is 48.1 Å².